The summed E-state index contributed by atoms with van der Waals surface area (Å²) in [4.78, 5) is 16.5. The topological polar surface area (TPSA) is 67.2 Å². The highest BCUT2D eigenvalue weighted by Crippen LogP contribution is 2.31. The van der Waals surface area contributed by atoms with E-state index in [9.17, 15) is 4.79 Å². The summed E-state index contributed by atoms with van der Waals surface area (Å²) in [5.41, 5.74) is 2.08. The number of carbonyl (C=O) groups is 1. The Morgan fingerprint density at radius 3 is 3.05 bits per heavy atom. The maximum atomic E-state index is 12.4. The van der Waals surface area contributed by atoms with E-state index in [0.29, 0.717) is 12.4 Å². The van der Waals surface area contributed by atoms with Gasteiger partial charge in [0, 0.05) is 12.2 Å². The number of nitrogens with one attached hydrogen (secondary N) is 2. The van der Waals surface area contributed by atoms with Gasteiger partial charge in [-0.15, -0.1) is 0 Å². The third-order valence-corrected chi connectivity index (χ3v) is 3.52. The van der Waals surface area contributed by atoms with Crippen LogP contribution in [0.2, 0.25) is 0 Å². The van der Waals surface area contributed by atoms with E-state index in [0.717, 1.165) is 17.0 Å². The maximum Gasteiger partial charge on any atom is 0.230 e. The van der Waals surface area contributed by atoms with Crippen molar-refractivity contribution in [3.8, 4) is 0 Å². The molecule has 2 N–H and O–H groups in total. The van der Waals surface area contributed by atoms with Crippen LogP contribution < -0.4 is 10.6 Å². The van der Waals surface area contributed by atoms with Crippen molar-refractivity contribution >= 4 is 11.6 Å². The highest BCUT2D eigenvalue weighted by Gasteiger charge is 2.29. The summed E-state index contributed by atoms with van der Waals surface area (Å²) in [6, 6.07) is 7.66. The summed E-state index contributed by atoms with van der Waals surface area (Å²) >= 11 is 0. The third-order valence-electron chi connectivity index (χ3n) is 3.52. The summed E-state index contributed by atoms with van der Waals surface area (Å²) in [5, 5.41) is 6.21. The second-order valence-electron chi connectivity index (χ2n) is 5.06. The molecule has 2 atom stereocenters. The van der Waals surface area contributed by atoms with Crippen molar-refractivity contribution in [2.45, 2.75) is 25.8 Å². The van der Waals surface area contributed by atoms with Crippen LogP contribution in [0.15, 0.2) is 34.9 Å². The van der Waals surface area contributed by atoms with Crippen molar-refractivity contribution in [3.05, 3.63) is 47.7 Å². The van der Waals surface area contributed by atoms with Gasteiger partial charge < -0.3 is 15.1 Å². The predicted molar refractivity (Wildman–Crippen MR) is 75.5 cm³/mol. The molecule has 0 saturated heterocycles. The van der Waals surface area contributed by atoms with Crippen molar-refractivity contribution in [2.24, 2.45) is 0 Å². The summed E-state index contributed by atoms with van der Waals surface area (Å²) in [5.74, 6) is 1.11. The Labute approximate surface area is 117 Å². The number of fused-ring (bicyclic) bond motifs is 1. The first kappa shape index (κ1) is 12.7. The molecule has 0 radical (unpaired) electrons. The van der Waals surface area contributed by atoms with Gasteiger partial charge in [0.15, 0.2) is 0 Å². The third kappa shape index (κ3) is 2.27. The molecular formula is C15H17N3O2. The zero-order valence-corrected chi connectivity index (χ0v) is 11.5. The first-order valence-corrected chi connectivity index (χ1v) is 6.70. The van der Waals surface area contributed by atoms with Crippen LogP contribution in [-0.4, -0.2) is 17.4 Å². The lowest BCUT2D eigenvalue weighted by molar-refractivity contribution is -0.123. The van der Waals surface area contributed by atoms with Gasteiger partial charge in [-0.1, -0.05) is 18.2 Å². The summed E-state index contributed by atoms with van der Waals surface area (Å²) < 4.78 is 5.44. The predicted octanol–water partition coefficient (Wildman–Crippen LogP) is 2.37. The van der Waals surface area contributed by atoms with Gasteiger partial charge in [0.1, 0.15) is 11.8 Å². The quantitative estimate of drug-likeness (QED) is 0.899. The van der Waals surface area contributed by atoms with E-state index in [4.69, 9.17) is 4.42 Å². The Morgan fingerprint density at radius 1 is 1.50 bits per heavy atom. The normalized spacial score (nSPS) is 18.2. The van der Waals surface area contributed by atoms with Gasteiger partial charge in [-0.2, -0.15) is 0 Å². The molecule has 1 aliphatic rings. The second-order valence-corrected chi connectivity index (χ2v) is 5.06. The van der Waals surface area contributed by atoms with Crippen LogP contribution in [0.25, 0.3) is 0 Å². The first-order chi connectivity index (χ1) is 9.65. The Balaban J connectivity index is 1.72. The molecule has 20 heavy (non-hydrogen) atoms. The molecule has 0 aliphatic carbocycles. The smallest absolute Gasteiger partial charge is 0.230 e. The van der Waals surface area contributed by atoms with Crippen LogP contribution in [0.3, 0.4) is 0 Å². The number of aromatic nitrogens is 1. The molecule has 3 rings (SSSR count). The maximum absolute atomic E-state index is 12.4. The summed E-state index contributed by atoms with van der Waals surface area (Å²) in [6.07, 6.45) is 1.66. The lowest BCUT2D eigenvalue weighted by Crippen LogP contribution is -2.32. The fourth-order valence-electron chi connectivity index (χ4n) is 2.47. The molecule has 1 amide bonds. The van der Waals surface area contributed by atoms with Crippen LogP contribution in [0, 0.1) is 6.92 Å². The van der Waals surface area contributed by atoms with Crippen LogP contribution >= 0.6 is 0 Å². The number of rotatable bonds is 3. The molecule has 0 saturated carbocycles. The molecule has 2 heterocycles. The zero-order valence-electron chi connectivity index (χ0n) is 11.5. The van der Waals surface area contributed by atoms with E-state index in [1.54, 1.807) is 6.20 Å². The van der Waals surface area contributed by atoms with E-state index < -0.39 is 0 Å². The van der Waals surface area contributed by atoms with Crippen molar-refractivity contribution in [2.75, 3.05) is 11.9 Å². The molecule has 0 spiro atoms. The number of para-hydroxylation sites is 1. The molecule has 1 aromatic heterocycles. The van der Waals surface area contributed by atoms with Gasteiger partial charge in [0.2, 0.25) is 11.8 Å². The van der Waals surface area contributed by atoms with E-state index in [1.807, 2.05) is 38.1 Å². The number of aryl methyl sites for hydroxylation is 1. The number of oxazole rings is 1. The standard InChI is InChI=1S/C15H17N3O2/c1-9-7-17-15(20-9)10(2)18-14(19)12-8-16-13-6-4-3-5-11(12)13/h3-7,10,12,16H,8H2,1-2H3,(H,18,19). The molecule has 0 fully saturated rings. The van der Waals surface area contributed by atoms with E-state index in [2.05, 4.69) is 15.6 Å². The molecule has 5 nitrogen and oxygen atoms in total. The molecule has 104 valence electrons. The molecule has 5 heteroatoms. The van der Waals surface area contributed by atoms with Crippen LogP contribution in [0.5, 0.6) is 0 Å². The Hall–Kier alpha value is -2.30. The van der Waals surface area contributed by atoms with Gasteiger partial charge in [0.25, 0.3) is 0 Å². The van der Waals surface area contributed by atoms with Crippen LogP contribution in [-0.2, 0) is 4.79 Å². The average Bonchev–Trinajstić information content (AvgIpc) is 3.04. The average molecular weight is 271 g/mol. The lowest BCUT2D eigenvalue weighted by Gasteiger charge is -2.14. The van der Waals surface area contributed by atoms with E-state index in [-0.39, 0.29) is 17.9 Å². The second kappa shape index (κ2) is 5.00. The number of anilines is 1. The largest absolute Gasteiger partial charge is 0.444 e. The van der Waals surface area contributed by atoms with E-state index in [1.165, 1.54) is 0 Å². The van der Waals surface area contributed by atoms with Gasteiger partial charge in [-0.3, -0.25) is 4.79 Å². The monoisotopic (exact) mass is 271 g/mol. The number of hydrogen-bond donors (Lipinski definition) is 2. The summed E-state index contributed by atoms with van der Waals surface area (Å²) in [6.45, 7) is 4.34. The lowest BCUT2D eigenvalue weighted by atomic mass is 10.0. The number of nitrogens with zero attached hydrogens (tertiary/aromatic N) is 1. The number of hydrogen-bond acceptors (Lipinski definition) is 4. The number of benzene rings is 1. The van der Waals surface area contributed by atoms with Crippen LogP contribution in [0.1, 0.15) is 36.1 Å². The molecule has 1 aromatic carbocycles. The highest BCUT2D eigenvalue weighted by molar-refractivity contribution is 5.88. The van der Waals surface area contributed by atoms with E-state index >= 15 is 0 Å². The Kier molecular flexibility index (Phi) is 3.18. The Morgan fingerprint density at radius 2 is 2.30 bits per heavy atom. The minimum absolute atomic E-state index is 0.00852. The van der Waals surface area contributed by atoms with Crippen molar-refractivity contribution in [3.63, 3.8) is 0 Å². The Bertz CT molecular complexity index is 636. The minimum atomic E-state index is -0.232. The van der Waals surface area contributed by atoms with Gasteiger partial charge in [-0.25, -0.2) is 4.98 Å². The minimum Gasteiger partial charge on any atom is -0.444 e. The fraction of sp³-hybridized carbons (Fsp3) is 0.333. The molecule has 2 unspecified atom stereocenters. The van der Waals surface area contributed by atoms with Crippen molar-refractivity contribution in [1.29, 1.82) is 0 Å². The van der Waals surface area contributed by atoms with Gasteiger partial charge in [0.05, 0.1) is 12.1 Å². The van der Waals surface area contributed by atoms with Gasteiger partial charge in [-0.05, 0) is 25.5 Å². The highest BCUT2D eigenvalue weighted by atomic mass is 16.4. The molecular weight excluding hydrogens is 254 g/mol. The number of amides is 1. The molecule has 1 aliphatic heterocycles. The van der Waals surface area contributed by atoms with Crippen LogP contribution in [0.4, 0.5) is 5.69 Å². The first-order valence-electron chi connectivity index (χ1n) is 6.70. The van der Waals surface area contributed by atoms with Crippen molar-refractivity contribution < 1.29 is 9.21 Å². The fourth-order valence-corrected chi connectivity index (χ4v) is 2.47. The molecule has 0 bridgehead atoms. The molecule has 2 aromatic rings. The zero-order chi connectivity index (χ0) is 14.1. The SMILES string of the molecule is Cc1cnc(C(C)NC(=O)C2CNc3ccccc32)o1. The number of carbonyl (C=O) groups excluding carboxylic acids is 1. The van der Waals surface area contributed by atoms with Crippen molar-refractivity contribution in [1.82, 2.24) is 10.3 Å². The summed E-state index contributed by atoms with van der Waals surface area (Å²) in [7, 11) is 0. The van der Waals surface area contributed by atoms with Gasteiger partial charge >= 0.3 is 0 Å².